The summed E-state index contributed by atoms with van der Waals surface area (Å²) in [7, 11) is 1.73. The van der Waals surface area contributed by atoms with Crippen molar-refractivity contribution in [1.82, 2.24) is 14.7 Å². The fourth-order valence-electron chi connectivity index (χ4n) is 1.88. The number of carbonyl (C=O) groups is 2. The number of rotatable bonds is 6. The fraction of sp³-hybridized carbons (Fsp3) is 0.643. The summed E-state index contributed by atoms with van der Waals surface area (Å²) >= 11 is 0. The third-order valence-corrected chi connectivity index (χ3v) is 3.00. The zero-order valence-electron chi connectivity index (χ0n) is 12.8. The summed E-state index contributed by atoms with van der Waals surface area (Å²) in [6.45, 7) is 7.73. The van der Waals surface area contributed by atoms with Gasteiger partial charge in [-0.15, -0.1) is 0 Å². The van der Waals surface area contributed by atoms with E-state index in [2.05, 4.69) is 5.10 Å². The van der Waals surface area contributed by atoms with Crippen LogP contribution in [0.1, 0.15) is 43.9 Å². The highest BCUT2D eigenvalue weighted by atomic mass is 16.5. The lowest BCUT2D eigenvalue weighted by Crippen LogP contribution is -2.42. The molecule has 1 heterocycles. The third kappa shape index (κ3) is 3.82. The average molecular weight is 281 g/mol. The van der Waals surface area contributed by atoms with E-state index in [0.29, 0.717) is 12.3 Å². The van der Waals surface area contributed by atoms with Crippen molar-refractivity contribution in [3.05, 3.63) is 17.5 Å². The van der Waals surface area contributed by atoms with E-state index in [-0.39, 0.29) is 18.5 Å². The van der Waals surface area contributed by atoms with Gasteiger partial charge in [0, 0.05) is 13.1 Å². The lowest BCUT2D eigenvalue weighted by atomic mass is 10.2. The first-order chi connectivity index (χ1) is 9.40. The highest BCUT2D eigenvalue weighted by Gasteiger charge is 2.24. The van der Waals surface area contributed by atoms with Gasteiger partial charge in [0.15, 0.2) is 0 Å². The van der Waals surface area contributed by atoms with Crippen LogP contribution in [0.2, 0.25) is 0 Å². The van der Waals surface area contributed by atoms with Crippen molar-refractivity contribution < 1.29 is 14.3 Å². The smallest absolute Gasteiger partial charge is 0.325 e. The summed E-state index contributed by atoms with van der Waals surface area (Å²) in [6, 6.07) is 1.68. The van der Waals surface area contributed by atoms with Gasteiger partial charge in [-0.25, -0.2) is 0 Å². The van der Waals surface area contributed by atoms with E-state index in [0.717, 1.165) is 12.1 Å². The van der Waals surface area contributed by atoms with E-state index in [1.807, 2.05) is 20.8 Å². The van der Waals surface area contributed by atoms with Crippen LogP contribution in [-0.4, -0.2) is 45.8 Å². The predicted molar refractivity (Wildman–Crippen MR) is 75.4 cm³/mol. The van der Waals surface area contributed by atoms with Gasteiger partial charge in [0.2, 0.25) is 0 Å². The van der Waals surface area contributed by atoms with Crippen LogP contribution in [0.25, 0.3) is 0 Å². The van der Waals surface area contributed by atoms with Crippen LogP contribution in [0, 0.1) is 0 Å². The van der Waals surface area contributed by atoms with Crippen molar-refractivity contribution in [3.8, 4) is 0 Å². The quantitative estimate of drug-likeness (QED) is 0.739. The van der Waals surface area contributed by atoms with Gasteiger partial charge in [-0.05, 0) is 33.3 Å². The number of hydrogen-bond acceptors (Lipinski definition) is 4. The molecular weight excluding hydrogens is 258 g/mol. The van der Waals surface area contributed by atoms with E-state index < -0.39 is 5.97 Å². The van der Waals surface area contributed by atoms with Crippen molar-refractivity contribution >= 4 is 11.9 Å². The molecule has 6 heteroatoms. The Morgan fingerprint density at radius 1 is 1.40 bits per heavy atom. The van der Waals surface area contributed by atoms with Crippen molar-refractivity contribution in [3.63, 3.8) is 0 Å². The Morgan fingerprint density at radius 2 is 2.05 bits per heavy atom. The number of hydrogen-bond donors (Lipinski definition) is 0. The molecule has 1 amide bonds. The largest absolute Gasteiger partial charge is 0.465 e. The minimum absolute atomic E-state index is 0.0447. The van der Waals surface area contributed by atoms with Crippen molar-refractivity contribution in [2.75, 3.05) is 13.2 Å². The standard InChI is InChI=1S/C14H23N3O3/c1-6-11-8-12(16(5)15-11)14(19)17(10(3)4)9-13(18)20-7-2/h8,10H,6-7,9H2,1-5H3. The van der Waals surface area contributed by atoms with E-state index in [1.54, 1.807) is 24.7 Å². The number of aryl methyl sites for hydroxylation is 2. The van der Waals surface area contributed by atoms with Crippen molar-refractivity contribution in [2.24, 2.45) is 7.05 Å². The van der Waals surface area contributed by atoms with Crippen LogP contribution in [0.4, 0.5) is 0 Å². The molecule has 0 aliphatic carbocycles. The molecule has 0 saturated carbocycles. The van der Waals surface area contributed by atoms with Gasteiger partial charge in [0.25, 0.3) is 5.91 Å². The number of ether oxygens (including phenoxy) is 1. The fourth-order valence-corrected chi connectivity index (χ4v) is 1.88. The molecule has 1 aromatic rings. The van der Waals surface area contributed by atoms with Crippen LogP contribution in [0.5, 0.6) is 0 Å². The Kier molecular flexibility index (Phi) is 5.73. The molecule has 0 saturated heterocycles. The highest BCUT2D eigenvalue weighted by Crippen LogP contribution is 2.10. The summed E-state index contributed by atoms with van der Waals surface area (Å²) in [5.41, 5.74) is 1.34. The second kappa shape index (κ2) is 7.07. The molecule has 112 valence electrons. The zero-order valence-corrected chi connectivity index (χ0v) is 12.8. The van der Waals surface area contributed by atoms with Crippen molar-refractivity contribution in [1.29, 1.82) is 0 Å². The van der Waals surface area contributed by atoms with Crippen molar-refractivity contribution in [2.45, 2.75) is 40.2 Å². The number of aromatic nitrogens is 2. The second-order valence-corrected chi connectivity index (χ2v) is 4.83. The maximum atomic E-state index is 12.5. The Labute approximate surface area is 119 Å². The molecule has 0 aliphatic rings. The molecule has 0 atom stereocenters. The van der Waals surface area contributed by atoms with Crippen LogP contribution in [0.15, 0.2) is 6.07 Å². The first-order valence-electron chi connectivity index (χ1n) is 6.90. The first-order valence-corrected chi connectivity index (χ1v) is 6.90. The summed E-state index contributed by atoms with van der Waals surface area (Å²) in [5, 5.41) is 4.26. The summed E-state index contributed by atoms with van der Waals surface area (Å²) in [4.78, 5) is 25.6. The summed E-state index contributed by atoms with van der Waals surface area (Å²) in [6.07, 6.45) is 0.765. The summed E-state index contributed by atoms with van der Waals surface area (Å²) in [5.74, 6) is -0.602. The molecule has 0 aliphatic heterocycles. The van der Waals surface area contributed by atoms with E-state index >= 15 is 0 Å². The van der Waals surface area contributed by atoms with E-state index in [1.165, 1.54) is 4.90 Å². The Morgan fingerprint density at radius 3 is 2.50 bits per heavy atom. The van der Waals surface area contributed by atoms with Gasteiger partial charge in [-0.2, -0.15) is 5.10 Å². The summed E-state index contributed by atoms with van der Waals surface area (Å²) < 4.78 is 6.47. The van der Waals surface area contributed by atoms with Crippen LogP contribution >= 0.6 is 0 Å². The molecule has 0 unspecified atom stereocenters. The molecule has 0 N–H and O–H groups in total. The van der Waals surface area contributed by atoms with Gasteiger partial charge >= 0.3 is 5.97 Å². The second-order valence-electron chi connectivity index (χ2n) is 4.83. The van der Waals surface area contributed by atoms with E-state index in [9.17, 15) is 9.59 Å². The Balaban J connectivity index is 2.93. The molecule has 1 aromatic heterocycles. The maximum absolute atomic E-state index is 12.5. The monoisotopic (exact) mass is 281 g/mol. The zero-order chi connectivity index (χ0) is 15.3. The van der Waals surface area contributed by atoms with Crippen LogP contribution in [0.3, 0.4) is 0 Å². The maximum Gasteiger partial charge on any atom is 0.325 e. The normalized spacial score (nSPS) is 10.7. The molecule has 0 aromatic carbocycles. The SMILES string of the molecule is CCOC(=O)CN(C(=O)c1cc(CC)nn1C)C(C)C. The molecule has 20 heavy (non-hydrogen) atoms. The topological polar surface area (TPSA) is 64.4 Å². The predicted octanol–water partition coefficient (Wildman–Crippen LogP) is 1.40. The van der Waals surface area contributed by atoms with Gasteiger partial charge in [0.1, 0.15) is 12.2 Å². The molecule has 0 spiro atoms. The lowest BCUT2D eigenvalue weighted by Gasteiger charge is -2.25. The molecule has 0 bridgehead atoms. The third-order valence-electron chi connectivity index (χ3n) is 3.00. The minimum atomic E-state index is -0.396. The number of carbonyl (C=O) groups excluding carboxylic acids is 2. The van der Waals surface area contributed by atoms with Gasteiger partial charge in [-0.1, -0.05) is 6.92 Å². The van der Waals surface area contributed by atoms with Crippen LogP contribution in [-0.2, 0) is 23.0 Å². The minimum Gasteiger partial charge on any atom is -0.465 e. The first kappa shape index (κ1) is 16.2. The lowest BCUT2D eigenvalue weighted by molar-refractivity contribution is -0.144. The molecular formula is C14H23N3O3. The van der Waals surface area contributed by atoms with Crippen LogP contribution < -0.4 is 0 Å². The highest BCUT2D eigenvalue weighted by molar-refractivity contribution is 5.94. The average Bonchev–Trinajstić information content (AvgIpc) is 2.76. The Bertz CT molecular complexity index is 480. The number of amides is 1. The van der Waals surface area contributed by atoms with Gasteiger partial charge in [-0.3, -0.25) is 14.3 Å². The Hall–Kier alpha value is -1.85. The van der Waals surface area contributed by atoms with Gasteiger partial charge < -0.3 is 9.64 Å². The molecule has 1 rings (SSSR count). The molecule has 0 fully saturated rings. The molecule has 0 radical (unpaired) electrons. The van der Waals surface area contributed by atoms with E-state index in [4.69, 9.17) is 4.74 Å². The number of nitrogens with zero attached hydrogens (tertiary/aromatic N) is 3. The van der Waals surface area contributed by atoms with Gasteiger partial charge in [0.05, 0.1) is 12.3 Å². The number of esters is 1. The molecule has 6 nitrogen and oxygen atoms in total.